The van der Waals surface area contributed by atoms with Crippen LogP contribution >= 0.6 is 0 Å². The van der Waals surface area contributed by atoms with Gasteiger partial charge in [-0.1, -0.05) is 0 Å². The molecule has 1 aromatic carbocycles. The smallest absolute Gasteiger partial charge is 0.274 e. The van der Waals surface area contributed by atoms with Gasteiger partial charge in [-0.2, -0.15) is 9.65 Å². The minimum Gasteiger partial charge on any atom is -0.459 e. The number of nitrogens with zero attached hydrogens (tertiary/aromatic N) is 2. The number of carbonyl (C=O) groups excluding carboxylic acids is 1. The molecule has 7 nitrogen and oxygen atoms in total. The zero-order valence-electron chi connectivity index (χ0n) is 14.2. The van der Waals surface area contributed by atoms with E-state index in [9.17, 15) is 13.6 Å². The molecule has 0 saturated heterocycles. The van der Waals surface area contributed by atoms with Crippen molar-refractivity contribution in [3.05, 3.63) is 71.2 Å². The van der Waals surface area contributed by atoms with Gasteiger partial charge in [0, 0.05) is 24.4 Å². The maximum Gasteiger partial charge on any atom is 0.274 e. The highest BCUT2D eigenvalue weighted by Crippen LogP contribution is 2.36. The van der Waals surface area contributed by atoms with Gasteiger partial charge in [0.1, 0.15) is 35.7 Å². The quantitative estimate of drug-likeness (QED) is 0.764. The van der Waals surface area contributed by atoms with Gasteiger partial charge in [0.15, 0.2) is 0 Å². The number of carbonyl (C=O) groups is 1. The van der Waals surface area contributed by atoms with Gasteiger partial charge in [0.25, 0.3) is 11.8 Å². The third-order valence-corrected chi connectivity index (χ3v) is 3.93. The largest absolute Gasteiger partial charge is 0.459 e. The first-order valence-corrected chi connectivity index (χ1v) is 7.86. The molecule has 3 rings (SSSR count). The summed E-state index contributed by atoms with van der Waals surface area (Å²) in [6.45, 7) is 1.14. The summed E-state index contributed by atoms with van der Waals surface area (Å²) in [5.74, 6) is -3.46. The number of alkyl halides is 1. The summed E-state index contributed by atoms with van der Waals surface area (Å²) >= 11 is 0. The van der Waals surface area contributed by atoms with Gasteiger partial charge in [-0.15, -0.1) is 0 Å². The lowest BCUT2D eigenvalue weighted by Gasteiger charge is -2.35. The van der Waals surface area contributed by atoms with E-state index in [1.54, 1.807) is 0 Å². The van der Waals surface area contributed by atoms with E-state index in [0.29, 0.717) is 5.56 Å². The molecule has 1 aliphatic rings. The van der Waals surface area contributed by atoms with Crippen LogP contribution in [0.3, 0.4) is 0 Å². The number of rotatable bonds is 3. The molecule has 0 fully saturated rings. The van der Waals surface area contributed by atoms with Gasteiger partial charge in [-0.05, 0) is 30.3 Å². The van der Waals surface area contributed by atoms with Gasteiger partial charge in [0.2, 0.25) is 0 Å². The molecule has 1 aromatic heterocycles. The summed E-state index contributed by atoms with van der Waals surface area (Å²) in [6, 6.07) is 7.24. The number of aromatic nitrogens is 1. The zero-order chi connectivity index (χ0) is 19.6. The Morgan fingerprint density at radius 2 is 2.22 bits per heavy atom. The molecule has 0 aliphatic carbocycles. The van der Waals surface area contributed by atoms with Crippen LogP contribution in [0, 0.1) is 17.1 Å². The van der Waals surface area contributed by atoms with Crippen LogP contribution in [0.15, 0.2) is 48.6 Å². The van der Waals surface area contributed by atoms with Crippen molar-refractivity contribution in [3.63, 3.8) is 0 Å². The van der Waals surface area contributed by atoms with Crippen LogP contribution in [0.2, 0.25) is 0 Å². The van der Waals surface area contributed by atoms with Crippen molar-refractivity contribution in [1.29, 1.82) is 5.26 Å². The Kier molecular flexibility index (Phi) is 4.64. The second-order valence-corrected chi connectivity index (χ2v) is 5.99. The number of nitriles is 1. The molecule has 0 radical (unpaired) electrons. The van der Waals surface area contributed by atoms with Gasteiger partial charge < -0.3 is 21.1 Å². The molecule has 9 heteroatoms. The lowest BCUT2D eigenvalue weighted by molar-refractivity contribution is -0.121. The number of benzene rings is 1. The highest BCUT2D eigenvalue weighted by Gasteiger charge is 2.41. The van der Waals surface area contributed by atoms with Crippen molar-refractivity contribution in [3.8, 4) is 6.07 Å². The molecule has 4 N–H and O–H groups in total. The van der Waals surface area contributed by atoms with Crippen LogP contribution in [0.5, 0.6) is 0 Å². The van der Waals surface area contributed by atoms with E-state index < -0.39 is 23.6 Å². The van der Waals surface area contributed by atoms with Crippen LogP contribution < -0.4 is 16.4 Å². The van der Waals surface area contributed by atoms with Crippen molar-refractivity contribution in [1.82, 2.24) is 10.3 Å². The molecule has 1 amide bonds. The molecular formula is C18H15F2N5O2. The number of halogens is 2. The van der Waals surface area contributed by atoms with E-state index in [2.05, 4.69) is 15.6 Å². The molecule has 0 unspecified atom stereocenters. The minimum atomic E-state index is -2.25. The average molecular weight is 371 g/mol. The Morgan fingerprint density at radius 3 is 2.89 bits per heavy atom. The fourth-order valence-electron chi connectivity index (χ4n) is 2.56. The standard InChI is InChI=1S/C18H15F2N5O2/c1-18(20)16(25-15(22)9-27-18)12-6-11(3-4-13(12)19)24-17(26)14-5-2-10(7-21)8-23-14/h2-6,8-9,16,25H,22H2,1H3,(H,24,26)/t16-,18+/m1/s1. The molecule has 2 heterocycles. The highest BCUT2D eigenvalue weighted by atomic mass is 19.2. The first kappa shape index (κ1) is 18.1. The van der Waals surface area contributed by atoms with Crippen molar-refractivity contribution in [2.45, 2.75) is 18.8 Å². The third kappa shape index (κ3) is 3.79. The topological polar surface area (TPSA) is 113 Å². The number of ether oxygens (including phenoxy) is 1. The summed E-state index contributed by atoms with van der Waals surface area (Å²) in [7, 11) is 0. The van der Waals surface area contributed by atoms with Crippen molar-refractivity contribution in [2.75, 3.05) is 5.32 Å². The first-order chi connectivity index (χ1) is 12.8. The fourth-order valence-corrected chi connectivity index (χ4v) is 2.56. The molecule has 0 spiro atoms. The minimum absolute atomic E-state index is 0.0470. The Hall–Kier alpha value is -3.67. The molecular weight excluding hydrogens is 356 g/mol. The van der Waals surface area contributed by atoms with E-state index >= 15 is 0 Å². The van der Waals surface area contributed by atoms with Gasteiger partial charge >= 0.3 is 0 Å². The Balaban J connectivity index is 1.86. The monoisotopic (exact) mass is 371 g/mol. The normalized spacial score (nSPS) is 21.3. The Labute approximate surface area is 153 Å². The Bertz CT molecular complexity index is 951. The van der Waals surface area contributed by atoms with Crippen LogP contribution in [-0.4, -0.2) is 16.7 Å². The van der Waals surface area contributed by atoms with Crippen molar-refractivity contribution in [2.24, 2.45) is 5.73 Å². The summed E-state index contributed by atoms with van der Waals surface area (Å²) < 4.78 is 33.8. The predicted octanol–water partition coefficient (Wildman–Crippen LogP) is 2.45. The van der Waals surface area contributed by atoms with E-state index in [0.717, 1.165) is 19.3 Å². The molecule has 2 atom stereocenters. The summed E-state index contributed by atoms with van der Waals surface area (Å²) in [6.07, 6.45) is 2.27. The third-order valence-electron chi connectivity index (χ3n) is 3.93. The number of nitrogens with one attached hydrogen (secondary N) is 2. The number of hydrogen-bond acceptors (Lipinski definition) is 6. The number of nitrogens with two attached hydrogens (primary N) is 1. The lowest BCUT2D eigenvalue weighted by atomic mass is 9.98. The van der Waals surface area contributed by atoms with Crippen LogP contribution in [0.4, 0.5) is 14.5 Å². The zero-order valence-corrected chi connectivity index (χ0v) is 14.2. The van der Waals surface area contributed by atoms with Crippen molar-refractivity contribution < 1.29 is 18.3 Å². The Morgan fingerprint density at radius 1 is 1.44 bits per heavy atom. The van der Waals surface area contributed by atoms with Gasteiger partial charge in [0.05, 0.1) is 5.56 Å². The van der Waals surface area contributed by atoms with E-state index in [1.165, 1.54) is 30.5 Å². The van der Waals surface area contributed by atoms with E-state index in [1.807, 2.05) is 6.07 Å². The fraction of sp³-hybridized carbons (Fsp3) is 0.167. The van der Waals surface area contributed by atoms with E-state index in [-0.39, 0.29) is 22.8 Å². The van der Waals surface area contributed by atoms with Crippen LogP contribution in [0.25, 0.3) is 0 Å². The van der Waals surface area contributed by atoms with Crippen LogP contribution in [-0.2, 0) is 4.74 Å². The van der Waals surface area contributed by atoms with Gasteiger partial charge in [-0.3, -0.25) is 4.79 Å². The lowest BCUT2D eigenvalue weighted by Crippen LogP contribution is -2.45. The predicted molar refractivity (Wildman–Crippen MR) is 92.1 cm³/mol. The number of anilines is 1. The number of hydrogen-bond donors (Lipinski definition) is 3. The molecule has 27 heavy (non-hydrogen) atoms. The summed E-state index contributed by atoms with van der Waals surface area (Å²) in [5, 5.41) is 13.9. The van der Waals surface area contributed by atoms with Crippen LogP contribution in [0.1, 0.15) is 34.6 Å². The molecule has 1 aliphatic heterocycles. The average Bonchev–Trinajstić information content (AvgIpc) is 2.65. The van der Waals surface area contributed by atoms with Crippen molar-refractivity contribution >= 4 is 11.6 Å². The highest BCUT2D eigenvalue weighted by molar-refractivity contribution is 6.02. The first-order valence-electron chi connectivity index (χ1n) is 7.86. The molecule has 2 aromatic rings. The second kappa shape index (κ2) is 6.92. The molecule has 138 valence electrons. The summed E-state index contributed by atoms with van der Waals surface area (Å²) in [5.41, 5.74) is 6.13. The number of amides is 1. The maximum atomic E-state index is 14.6. The maximum absolute atomic E-state index is 14.6. The van der Waals surface area contributed by atoms with Gasteiger partial charge in [-0.25, -0.2) is 9.37 Å². The van der Waals surface area contributed by atoms with E-state index in [4.69, 9.17) is 15.7 Å². The summed E-state index contributed by atoms with van der Waals surface area (Å²) in [4.78, 5) is 16.2. The molecule has 0 bridgehead atoms. The second-order valence-electron chi connectivity index (χ2n) is 5.99. The SMILES string of the molecule is C[C@]1(F)OC=C(N)N[C@@H]1c1cc(NC(=O)c2ccc(C#N)cn2)ccc1F. The molecule has 0 saturated carbocycles. The number of pyridine rings is 1.